The van der Waals surface area contributed by atoms with Crippen molar-refractivity contribution < 1.29 is 4.39 Å². The molecule has 3 heterocycles. The van der Waals surface area contributed by atoms with Crippen molar-refractivity contribution in [2.75, 3.05) is 38.1 Å². The van der Waals surface area contributed by atoms with Gasteiger partial charge in [-0.1, -0.05) is 6.07 Å². The Balaban J connectivity index is 1.86. The van der Waals surface area contributed by atoms with Crippen molar-refractivity contribution >= 4 is 38.5 Å². The largest absolute Gasteiger partial charge is 0.367 e. The number of hydrogen-bond donors (Lipinski definition) is 1. The average Bonchev–Trinajstić information content (AvgIpc) is 3.13. The fourth-order valence-corrected chi connectivity index (χ4v) is 4.69. The number of nitrogens with zero attached hydrogens (tertiary/aromatic N) is 4. The Kier molecular flexibility index (Phi) is 4.49. The minimum atomic E-state index is -0.355. The van der Waals surface area contributed by atoms with E-state index in [1.165, 1.54) is 0 Å². The molecule has 1 aliphatic heterocycles. The molecule has 0 atom stereocenters. The molecule has 1 N–H and O–H groups in total. The van der Waals surface area contributed by atoms with Gasteiger partial charge in [0.05, 0.1) is 28.2 Å². The molecule has 0 radical (unpaired) electrons. The molecule has 0 bridgehead atoms. The van der Waals surface area contributed by atoms with Gasteiger partial charge in [-0.2, -0.15) is 5.26 Å². The highest BCUT2D eigenvalue weighted by Crippen LogP contribution is 2.33. The number of fused-ring (bicyclic) bond motifs is 4. The van der Waals surface area contributed by atoms with Crippen LogP contribution in [0.15, 0.2) is 35.1 Å². The minimum absolute atomic E-state index is 0.0775. The smallest absolute Gasteiger partial charge is 0.199 e. The van der Waals surface area contributed by atoms with Crippen molar-refractivity contribution in [3.63, 3.8) is 0 Å². The van der Waals surface area contributed by atoms with Crippen molar-refractivity contribution in [2.24, 2.45) is 0 Å². The molecular formula is C24H24FN5O. The first-order chi connectivity index (χ1) is 14.9. The summed E-state index contributed by atoms with van der Waals surface area (Å²) in [5, 5.41) is 10.9. The predicted molar refractivity (Wildman–Crippen MR) is 122 cm³/mol. The molecule has 0 spiro atoms. The highest BCUT2D eigenvalue weighted by molar-refractivity contribution is 6.10. The normalized spacial score (nSPS) is 15.4. The third-order valence-corrected chi connectivity index (χ3v) is 6.32. The third-order valence-electron chi connectivity index (χ3n) is 6.32. The van der Waals surface area contributed by atoms with Gasteiger partial charge in [0.2, 0.25) is 0 Å². The van der Waals surface area contributed by atoms with Crippen LogP contribution in [0.1, 0.15) is 25.5 Å². The molecule has 158 valence electrons. The number of benzene rings is 2. The molecule has 0 saturated carbocycles. The molecule has 1 fully saturated rings. The molecule has 6 nitrogen and oxygen atoms in total. The molecule has 2 aromatic carbocycles. The number of nitrogens with one attached hydrogen (secondary N) is 1. The SMILES string of the molecule is CC(C)n1c2[nH]c3cc(C#N)ccc3c2c(=O)c2ccc(N3CCN(C)CC3)c(F)c21. The molecule has 31 heavy (non-hydrogen) atoms. The van der Waals surface area contributed by atoms with E-state index in [0.29, 0.717) is 38.7 Å². The number of likely N-dealkylation sites (N-methyl/N-ethyl adjacent to an activating group) is 1. The average molecular weight is 417 g/mol. The van der Waals surface area contributed by atoms with Gasteiger partial charge in [0.1, 0.15) is 5.65 Å². The molecule has 4 aromatic rings. The standard InChI is InChI=1S/C24H24FN5O/c1-14(2)30-22-17(6-7-19(21(22)25)29-10-8-28(3)9-11-29)23(31)20-16-5-4-15(13-26)12-18(16)27-24(20)30/h4-7,12,14,27H,8-11H2,1-3H3. The maximum atomic E-state index is 16.0. The highest BCUT2D eigenvalue weighted by atomic mass is 19.1. The summed E-state index contributed by atoms with van der Waals surface area (Å²) >= 11 is 0. The molecule has 0 amide bonds. The third kappa shape index (κ3) is 2.90. The zero-order chi connectivity index (χ0) is 21.9. The summed E-state index contributed by atoms with van der Waals surface area (Å²) in [4.78, 5) is 21.1. The predicted octanol–water partition coefficient (Wildman–Crippen LogP) is 3.98. The van der Waals surface area contributed by atoms with Crippen LogP contribution < -0.4 is 10.3 Å². The van der Waals surface area contributed by atoms with Crippen LogP contribution in [-0.2, 0) is 0 Å². The number of anilines is 1. The van der Waals surface area contributed by atoms with E-state index in [0.717, 1.165) is 31.6 Å². The van der Waals surface area contributed by atoms with Gasteiger partial charge >= 0.3 is 0 Å². The van der Waals surface area contributed by atoms with E-state index in [9.17, 15) is 10.1 Å². The van der Waals surface area contributed by atoms with Crippen LogP contribution in [0.25, 0.3) is 32.8 Å². The van der Waals surface area contributed by atoms with Crippen molar-refractivity contribution in [3.05, 3.63) is 51.9 Å². The molecule has 5 rings (SSSR count). The van der Waals surface area contributed by atoms with Crippen LogP contribution >= 0.6 is 0 Å². The summed E-state index contributed by atoms with van der Waals surface area (Å²) in [5.74, 6) is -0.355. The second-order valence-corrected chi connectivity index (χ2v) is 8.60. The number of nitriles is 1. The summed E-state index contributed by atoms with van der Waals surface area (Å²) in [7, 11) is 2.06. The number of aromatic nitrogens is 2. The highest BCUT2D eigenvalue weighted by Gasteiger charge is 2.24. The summed E-state index contributed by atoms with van der Waals surface area (Å²) in [6, 6.07) is 10.8. The maximum Gasteiger partial charge on any atom is 0.199 e. The molecule has 1 saturated heterocycles. The number of H-pyrrole nitrogens is 1. The summed E-state index contributed by atoms with van der Waals surface area (Å²) in [5.41, 5.74) is 2.48. The topological polar surface area (TPSA) is 68.1 Å². The number of halogens is 1. The van der Waals surface area contributed by atoms with Crippen LogP contribution in [0.5, 0.6) is 0 Å². The van der Waals surface area contributed by atoms with Gasteiger partial charge < -0.3 is 19.4 Å². The van der Waals surface area contributed by atoms with E-state index in [-0.39, 0.29) is 17.3 Å². The first-order valence-corrected chi connectivity index (χ1v) is 10.6. The van der Waals surface area contributed by atoms with Crippen LogP contribution in [0.4, 0.5) is 10.1 Å². The molecular weight excluding hydrogens is 393 g/mol. The van der Waals surface area contributed by atoms with Gasteiger partial charge in [0.15, 0.2) is 11.2 Å². The Bertz CT molecular complexity index is 1430. The van der Waals surface area contributed by atoms with Crippen molar-refractivity contribution in [1.82, 2.24) is 14.5 Å². The Labute approximate surface area is 179 Å². The number of aromatic amines is 1. The van der Waals surface area contributed by atoms with Gasteiger partial charge in [-0.05, 0) is 45.2 Å². The van der Waals surface area contributed by atoms with Crippen LogP contribution in [0.2, 0.25) is 0 Å². The fraction of sp³-hybridized carbons (Fsp3) is 0.333. The summed E-state index contributed by atoms with van der Waals surface area (Å²) in [6.45, 7) is 7.20. The van der Waals surface area contributed by atoms with E-state index in [2.05, 4.69) is 27.9 Å². The Morgan fingerprint density at radius 1 is 1.10 bits per heavy atom. The lowest BCUT2D eigenvalue weighted by molar-refractivity contribution is 0.312. The van der Waals surface area contributed by atoms with E-state index in [1.807, 2.05) is 18.4 Å². The van der Waals surface area contributed by atoms with Crippen molar-refractivity contribution in [1.29, 1.82) is 5.26 Å². The van der Waals surface area contributed by atoms with Gasteiger partial charge in [0, 0.05) is 48.5 Å². The number of rotatable bonds is 2. The van der Waals surface area contributed by atoms with Crippen LogP contribution in [0, 0.1) is 17.1 Å². The first kappa shape index (κ1) is 19.6. The number of pyridine rings is 1. The fourth-order valence-electron chi connectivity index (χ4n) is 4.69. The molecule has 0 unspecified atom stereocenters. The van der Waals surface area contributed by atoms with Gasteiger partial charge in [-0.25, -0.2) is 4.39 Å². The molecule has 1 aliphatic rings. The zero-order valence-corrected chi connectivity index (χ0v) is 17.9. The lowest BCUT2D eigenvalue weighted by Crippen LogP contribution is -2.44. The van der Waals surface area contributed by atoms with Gasteiger partial charge in [0.25, 0.3) is 0 Å². The first-order valence-electron chi connectivity index (χ1n) is 10.6. The van der Waals surface area contributed by atoms with Crippen molar-refractivity contribution in [3.8, 4) is 6.07 Å². The lowest BCUT2D eigenvalue weighted by Gasteiger charge is -2.34. The van der Waals surface area contributed by atoms with Crippen molar-refractivity contribution in [2.45, 2.75) is 19.9 Å². The molecule has 2 aromatic heterocycles. The van der Waals surface area contributed by atoms with E-state index >= 15 is 4.39 Å². The van der Waals surface area contributed by atoms with Gasteiger partial charge in [-0.15, -0.1) is 0 Å². The Morgan fingerprint density at radius 2 is 1.81 bits per heavy atom. The monoisotopic (exact) mass is 417 g/mol. The van der Waals surface area contributed by atoms with Gasteiger partial charge in [-0.3, -0.25) is 4.79 Å². The quantitative estimate of drug-likeness (QED) is 0.536. The zero-order valence-electron chi connectivity index (χ0n) is 17.9. The summed E-state index contributed by atoms with van der Waals surface area (Å²) in [6.07, 6.45) is 0. The second-order valence-electron chi connectivity index (χ2n) is 8.60. The van der Waals surface area contributed by atoms with E-state index < -0.39 is 0 Å². The Hall–Kier alpha value is -3.37. The van der Waals surface area contributed by atoms with Crippen LogP contribution in [-0.4, -0.2) is 47.7 Å². The minimum Gasteiger partial charge on any atom is -0.367 e. The second kappa shape index (κ2) is 7.10. The van der Waals surface area contributed by atoms with E-state index in [1.54, 1.807) is 30.3 Å². The molecule has 0 aliphatic carbocycles. The molecule has 7 heteroatoms. The number of piperazine rings is 1. The summed E-state index contributed by atoms with van der Waals surface area (Å²) < 4.78 is 17.9. The van der Waals surface area contributed by atoms with E-state index in [4.69, 9.17) is 0 Å². The maximum absolute atomic E-state index is 16.0. The number of hydrogen-bond acceptors (Lipinski definition) is 4. The van der Waals surface area contributed by atoms with Crippen LogP contribution in [0.3, 0.4) is 0 Å². The Morgan fingerprint density at radius 3 is 2.48 bits per heavy atom. The lowest BCUT2D eigenvalue weighted by atomic mass is 10.1.